The smallest absolute Gasteiger partial charge is 0.420 e. The van der Waals surface area contributed by atoms with E-state index < -0.39 is 35.5 Å². The number of nitrogens with zero attached hydrogens (tertiary/aromatic N) is 3. The van der Waals surface area contributed by atoms with Gasteiger partial charge in [0, 0.05) is 33.0 Å². The minimum absolute atomic E-state index is 0.0349. The number of oxazole rings is 1. The first kappa shape index (κ1) is 34.2. The van der Waals surface area contributed by atoms with Gasteiger partial charge in [0.05, 0.1) is 37.9 Å². The molecule has 1 aliphatic heterocycles. The molecule has 246 valence electrons. The van der Waals surface area contributed by atoms with E-state index in [-0.39, 0.29) is 45.1 Å². The highest BCUT2D eigenvalue weighted by Crippen LogP contribution is 2.25. The van der Waals surface area contributed by atoms with Crippen molar-refractivity contribution in [1.29, 1.82) is 5.26 Å². The largest absolute Gasteiger partial charge is 0.444 e. The summed E-state index contributed by atoms with van der Waals surface area (Å²) in [5.41, 5.74) is 3.00. The number of nitrogens with one attached hydrogen (secondary N) is 2. The van der Waals surface area contributed by atoms with Gasteiger partial charge in [-0.2, -0.15) is 5.26 Å². The Morgan fingerprint density at radius 2 is 1.85 bits per heavy atom. The minimum atomic E-state index is -0.919. The van der Waals surface area contributed by atoms with Gasteiger partial charge in [0.25, 0.3) is 5.91 Å². The first-order valence-corrected chi connectivity index (χ1v) is 15.3. The molecule has 3 aromatic rings. The second kappa shape index (κ2) is 15.6. The molecule has 1 saturated heterocycles. The van der Waals surface area contributed by atoms with Crippen LogP contribution in [0, 0.1) is 11.3 Å². The quantitative estimate of drug-likeness (QED) is 0.301. The van der Waals surface area contributed by atoms with Crippen LogP contribution in [-0.4, -0.2) is 85.1 Å². The molecule has 2 atom stereocenters. The van der Waals surface area contributed by atoms with Crippen LogP contribution in [0.4, 0.5) is 4.79 Å². The second-order valence-corrected chi connectivity index (χ2v) is 12.0. The topological polar surface area (TPSA) is 165 Å². The van der Waals surface area contributed by atoms with E-state index in [0.29, 0.717) is 30.7 Å². The zero-order valence-corrected chi connectivity index (χ0v) is 26.7. The van der Waals surface area contributed by atoms with E-state index in [1.165, 1.54) is 9.47 Å². The molecule has 4 rings (SSSR count). The van der Waals surface area contributed by atoms with E-state index in [1.807, 2.05) is 36.4 Å². The van der Waals surface area contributed by atoms with Crippen LogP contribution < -0.4 is 16.4 Å². The maximum atomic E-state index is 13.1. The molecule has 1 aromatic heterocycles. The lowest BCUT2D eigenvalue weighted by Crippen LogP contribution is -2.48. The molecule has 0 aliphatic carbocycles. The van der Waals surface area contributed by atoms with Crippen LogP contribution in [0.3, 0.4) is 0 Å². The summed E-state index contributed by atoms with van der Waals surface area (Å²) >= 11 is 0. The van der Waals surface area contributed by atoms with Crippen LogP contribution in [0.15, 0.2) is 51.7 Å². The number of carbonyl (C=O) groups excluding carboxylic acids is 3. The molecule has 1 aliphatic rings. The van der Waals surface area contributed by atoms with E-state index in [2.05, 4.69) is 16.7 Å². The normalized spacial score (nSPS) is 15.9. The van der Waals surface area contributed by atoms with Gasteiger partial charge in [-0.15, -0.1) is 0 Å². The Bertz CT molecular complexity index is 1620. The molecule has 2 aromatic carbocycles. The fourth-order valence-corrected chi connectivity index (χ4v) is 4.94. The number of hydrogen-bond donors (Lipinski definition) is 2. The van der Waals surface area contributed by atoms with Crippen LogP contribution in [0.2, 0.25) is 0 Å². The molecule has 2 N–H and O–H groups in total. The highest BCUT2D eigenvalue weighted by molar-refractivity contribution is 5.83. The minimum Gasteiger partial charge on any atom is -0.444 e. The lowest BCUT2D eigenvalue weighted by Gasteiger charge is -2.27. The Morgan fingerprint density at radius 3 is 2.54 bits per heavy atom. The number of benzene rings is 2. The summed E-state index contributed by atoms with van der Waals surface area (Å²) in [6.45, 7) is 6.86. The second-order valence-electron chi connectivity index (χ2n) is 12.0. The number of amides is 3. The highest BCUT2D eigenvalue weighted by Gasteiger charge is 2.31. The first-order chi connectivity index (χ1) is 22.0. The number of aromatic nitrogens is 1. The van der Waals surface area contributed by atoms with Gasteiger partial charge in [0.1, 0.15) is 11.6 Å². The molecule has 0 spiro atoms. The Balaban J connectivity index is 1.37. The van der Waals surface area contributed by atoms with E-state index in [9.17, 15) is 24.4 Å². The maximum Gasteiger partial charge on any atom is 0.420 e. The van der Waals surface area contributed by atoms with Crippen molar-refractivity contribution in [2.45, 2.75) is 64.3 Å². The van der Waals surface area contributed by atoms with Crippen molar-refractivity contribution in [3.8, 4) is 17.2 Å². The van der Waals surface area contributed by atoms with E-state index in [0.717, 1.165) is 16.7 Å². The molecule has 1 fully saturated rings. The molecule has 13 heteroatoms. The predicted molar refractivity (Wildman–Crippen MR) is 169 cm³/mol. The molecular formula is C33H41N5O8. The number of rotatable bonds is 11. The predicted octanol–water partition coefficient (Wildman–Crippen LogP) is 2.99. The van der Waals surface area contributed by atoms with Crippen LogP contribution in [0.5, 0.6) is 0 Å². The molecule has 0 saturated carbocycles. The van der Waals surface area contributed by atoms with Crippen molar-refractivity contribution in [3.63, 3.8) is 0 Å². The molecule has 13 nitrogen and oxygen atoms in total. The average molecular weight is 636 g/mol. The number of fused-ring (bicyclic) bond motifs is 1. The van der Waals surface area contributed by atoms with Crippen LogP contribution in [0.1, 0.15) is 39.2 Å². The summed E-state index contributed by atoms with van der Waals surface area (Å²) in [6.07, 6.45) is -0.352. The van der Waals surface area contributed by atoms with Gasteiger partial charge in [-0.05, 0) is 56.0 Å². The van der Waals surface area contributed by atoms with Gasteiger partial charge in [-0.25, -0.2) is 9.59 Å². The van der Waals surface area contributed by atoms with Gasteiger partial charge >= 0.3 is 11.8 Å². The van der Waals surface area contributed by atoms with Crippen molar-refractivity contribution in [1.82, 2.24) is 20.1 Å². The zero-order chi connectivity index (χ0) is 33.3. The fraction of sp³-hybridized carbons (Fsp3) is 0.485. The lowest BCUT2D eigenvalue weighted by molar-refractivity contribution is -0.133. The SMILES string of the molecule is CNC(=O)CCOCCn1c(=O)oc2ccc(-c3ccc(C[C@@H](C#N)NC(=O)[C@@H]4CN(C(=O)OC(C)(C)C)CCCO4)cc3)cc21. The van der Waals surface area contributed by atoms with Gasteiger partial charge in [0.15, 0.2) is 11.7 Å². The monoisotopic (exact) mass is 635 g/mol. The van der Waals surface area contributed by atoms with Crippen molar-refractivity contribution in [2.75, 3.05) is 40.0 Å². The highest BCUT2D eigenvalue weighted by atomic mass is 16.6. The lowest BCUT2D eigenvalue weighted by atomic mass is 10.0. The van der Waals surface area contributed by atoms with Crippen molar-refractivity contribution in [3.05, 3.63) is 58.6 Å². The average Bonchev–Trinajstić information content (AvgIpc) is 3.17. The summed E-state index contributed by atoms with van der Waals surface area (Å²) in [6, 6.07) is 14.4. The van der Waals surface area contributed by atoms with Crippen molar-refractivity contribution in [2.24, 2.45) is 0 Å². The van der Waals surface area contributed by atoms with Gasteiger partial charge < -0.3 is 34.2 Å². The van der Waals surface area contributed by atoms with Gasteiger partial charge in [-0.1, -0.05) is 30.3 Å². The number of nitriles is 1. The number of carbonyl (C=O) groups is 3. The van der Waals surface area contributed by atoms with Crippen LogP contribution >= 0.6 is 0 Å². The molecule has 2 heterocycles. The van der Waals surface area contributed by atoms with E-state index >= 15 is 0 Å². The molecule has 3 amide bonds. The fourth-order valence-electron chi connectivity index (χ4n) is 4.94. The Labute approximate surface area is 267 Å². The Kier molecular flexibility index (Phi) is 11.6. The van der Waals surface area contributed by atoms with E-state index in [4.69, 9.17) is 18.6 Å². The summed E-state index contributed by atoms with van der Waals surface area (Å²) < 4.78 is 23.5. The van der Waals surface area contributed by atoms with Crippen LogP contribution in [0.25, 0.3) is 22.2 Å². The summed E-state index contributed by atoms with van der Waals surface area (Å²) in [7, 11) is 1.56. The molecule has 0 unspecified atom stereocenters. The van der Waals surface area contributed by atoms with Crippen molar-refractivity contribution < 1.29 is 33.0 Å². The van der Waals surface area contributed by atoms with Gasteiger partial charge in [-0.3, -0.25) is 14.2 Å². The van der Waals surface area contributed by atoms with E-state index in [1.54, 1.807) is 33.9 Å². The third-order valence-electron chi connectivity index (χ3n) is 7.30. The molecule has 46 heavy (non-hydrogen) atoms. The first-order valence-electron chi connectivity index (χ1n) is 15.3. The van der Waals surface area contributed by atoms with Gasteiger partial charge in [0.2, 0.25) is 5.91 Å². The maximum absolute atomic E-state index is 13.1. The summed E-state index contributed by atoms with van der Waals surface area (Å²) in [5, 5.41) is 15.1. The number of ether oxygens (including phenoxy) is 3. The molecular weight excluding hydrogens is 594 g/mol. The third kappa shape index (κ3) is 9.42. The molecule has 0 radical (unpaired) electrons. The van der Waals surface area contributed by atoms with Crippen LogP contribution in [-0.2, 0) is 36.8 Å². The summed E-state index contributed by atoms with van der Waals surface area (Å²) in [4.78, 5) is 50.9. The zero-order valence-electron chi connectivity index (χ0n) is 26.7. The Morgan fingerprint density at radius 1 is 1.11 bits per heavy atom. The summed E-state index contributed by atoms with van der Waals surface area (Å²) in [5.74, 6) is -1.07. The standard InChI is InChI=1S/C33H41N5O8/c1-33(2,3)46-31(41)37-13-5-15-44-28(21-37)30(40)36-25(20-34)18-22-6-8-23(9-7-22)24-10-11-27-26(19-24)38(32(42)45-27)14-17-43-16-12-29(39)35-4/h6-11,19,25,28H,5,12-18,21H2,1-4H3,(H,35,39)(H,36,40)/t25-,28-/m0/s1. The number of hydrogen-bond acceptors (Lipinski definition) is 9. The Hall–Kier alpha value is -4.67. The molecule has 0 bridgehead atoms. The third-order valence-corrected chi connectivity index (χ3v) is 7.30. The van der Waals surface area contributed by atoms with Crippen molar-refractivity contribution >= 4 is 29.0 Å².